The van der Waals surface area contributed by atoms with Crippen molar-refractivity contribution in [2.24, 2.45) is 7.05 Å². The molecule has 0 spiro atoms. The van der Waals surface area contributed by atoms with Gasteiger partial charge in [-0.2, -0.15) is 5.10 Å². The largest absolute Gasteiger partial charge is 0.493 e. The second-order valence-corrected chi connectivity index (χ2v) is 5.00. The monoisotopic (exact) mass is 277 g/mol. The Morgan fingerprint density at radius 2 is 2.26 bits per heavy atom. The molecule has 3 aromatic rings. The third kappa shape index (κ3) is 1.78. The average Bonchev–Trinajstić information content (AvgIpc) is 2.91. The summed E-state index contributed by atoms with van der Waals surface area (Å²) in [5.41, 5.74) is 8.05. The van der Waals surface area contributed by atoms with Gasteiger partial charge in [0.25, 0.3) is 0 Å². The molecule has 0 radical (unpaired) electrons. The van der Waals surface area contributed by atoms with Gasteiger partial charge in [-0.1, -0.05) is 11.3 Å². The molecule has 98 valence electrons. The molecule has 0 atom stereocenters. The SMILES string of the molecule is COc1cc(-c2cnn(C)c2N)cc2sc(=O)oc12. The van der Waals surface area contributed by atoms with E-state index in [-0.39, 0.29) is 4.94 Å². The minimum Gasteiger partial charge on any atom is -0.493 e. The molecule has 0 saturated carbocycles. The molecule has 6 nitrogen and oxygen atoms in total. The van der Waals surface area contributed by atoms with Crippen LogP contribution in [0, 0.1) is 0 Å². The van der Waals surface area contributed by atoms with E-state index >= 15 is 0 Å². The number of fused-ring (bicyclic) bond motifs is 1. The molecule has 0 aliphatic rings. The number of ether oxygens (including phenoxy) is 1. The number of benzene rings is 1. The molecule has 7 heteroatoms. The number of hydrogen-bond acceptors (Lipinski definition) is 6. The Hall–Kier alpha value is -2.28. The summed E-state index contributed by atoms with van der Waals surface area (Å²) in [6.45, 7) is 0. The van der Waals surface area contributed by atoms with Crippen LogP contribution in [0.5, 0.6) is 5.75 Å². The molecular weight excluding hydrogens is 266 g/mol. The molecule has 2 aromatic heterocycles. The predicted molar refractivity (Wildman–Crippen MR) is 73.5 cm³/mol. The lowest BCUT2D eigenvalue weighted by atomic mass is 10.1. The van der Waals surface area contributed by atoms with Crippen LogP contribution in [0.4, 0.5) is 5.82 Å². The highest BCUT2D eigenvalue weighted by molar-refractivity contribution is 7.16. The van der Waals surface area contributed by atoms with Gasteiger partial charge in [0.1, 0.15) is 5.82 Å². The number of aryl methyl sites for hydroxylation is 1. The van der Waals surface area contributed by atoms with Crippen LogP contribution in [0.15, 0.2) is 27.5 Å². The van der Waals surface area contributed by atoms with E-state index in [9.17, 15) is 4.79 Å². The van der Waals surface area contributed by atoms with Gasteiger partial charge in [-0.3, -0.25) is 4.68 Å². The fourth-order valence-corrected chi connectivity index (χ4v) is 2.65. The molecule has 19 heavy (non-hydrogen) atoms. The van der Waals surface area contributed by atoms with Crippen LogP contribution >= 0.6 is 11.3 Å². The average molecular weight is 277 g/mol. The van der Waals surface area contributed by atoms with E-state index < -0.39 is 0 Å². The quantitative estimate of drug-likeness (QED) is 0.772. The van der Waals surface area contributed by atoms with Crippen LogP contribution in [0.3, 0.4) is 0 Å². The minimum absolute atomic E-state index is 0.357. The van der Waals surface area contributed by atoms with Crippen LogP contribution in [-0.2, 0) is 7.05 Å². The first kappa shape index (κ1) is 11.8. The van der Waals surface area contributed by atoms with Crippen LogP contribution in [0.25, 0.3) is 21.4 Å². The Kier molecular flexibility index (Phi) is 2.56. The van der Waals surface area contributed by atoms with Gasteiger partial charge in [0.2, 0.25) is 0 Å². The highest BCUT2D eigenvalue weighted by Crippen LogP contribution is 2.35. The molecular formula is C12H11N3O3S. The number of anilines is 1. The first-order chi connectivity index (χ1) is 9.10. The van der Waals surface area contributed by atoms with Gasteiger partial charge in [0.05, 0.1) is 18.0 Å². The standard InChI is InChI=1S/C12H11N3O3S/c1-15-11(13)7(5-14-15)6-3-8(17-2)10-9(4-6)19-12(16)18-10/h3-5H,13H2,1-2H3. The summed E-state index contributed by atoms with van der Waals surface area (Å²) in [5, 5.41) is 4.10. The van der Waals surface area contributed by atoms with Crippen molar-refractivity contribution < 1.29 is 9.15 Å². The van der Waals surface area contributed by atoms with E-state index in [4.69, 9.17) is 14.9 Å². The molecule has 3 rings (SSSR count). The van der Waals surface area contributed by atoms with Crippen molar-refractivity contribution in [1.82, 2.24) is 9.78 Å². The van der Waals surface area contributed by atoms with E-state index in [1.807, 2.05) is 6.07 Å². The molecule has 1 aromatic carbocycles. The molecule has 0 aliphatic heterocycles. The number of nitrogens with two attached hydrogens (primary N) is 1. The molecule has 0 aliphatic carbocycles. The first-order valence-corrected chi connectivity index (χ1v) is 6.31. The third-order valence-electron chi connectivity index (χ3n) is 2.92. The van der Waals surface area contributed by atoms with Gasteiger partial charge in [0.15, 0.2) is 11.3 Å². The lowest BCUT2D eigenvalue weighted by molar-refractivity contribution is 0.409. The Balaban J connectivity index is 2.30. The third-order valence-corrected chi connectivity index (χ3v) is 3.69. The smallest absolute Gasteiger partial charge is 0.396 e. The normalized spacial score (nSPS) is 11.1. The van der Waals surface area contributed by atoms with Gasteiger partial charge in [-0.25, -0.2) is 4.79 Å². The molecule has 0 bridgehead atoms. The fourth-order valence-electron chi connectivity index (χ4n) is 1.92. The van der Waals surface area contributed by atoms with Crippen LogP contribution in [0.1, 0.15) is 0 Å². The van der Waals surface area contributed by atoms with Gasteiger partial charge < -0.3 is 14.9 Å². The summed E-state index contributed by atoms with van der Waals surface area (Å²) >= 11 is 1.03. The molecule has 0 amide bonds. The number of rotatable bonds is 2. The summed E-state index contributed by atoms with van der Waals surface area (Å²) in [7, 11) is 3.30. The van der Waals surface area contributed by atoms with E-state index in [1.54, 1.807) is 24.0 Å². The maximum Gasteiger partial charge on any atom is 0.396 e. The zero-order valence-electron chi connectivity index (χ0n) is 10.3. The second kappa shape index (κ2) is 4.13. The molecule has 0 fully saturated rings. The van der Waals surface area contributed by atoms with E-state index in [0.717, 1.165) is 27.2 Å². The van der Waals surface area contributed by atoms with E-state index in [0.29, 0.717) is 17.2 Å². The van der Waals surface area contributed by atoms with Gasteiger partial charge in [0, 0.05) is 12.6 Å². The van der Waals surface area contributed by atoms with E-state index in [1.165, 1.54) is 7.11 Å². The summed E-state index contributed by atoms with van der Waals surface area (Å²) in [5.74, 6) is 1.06. The van der Waals surface area contributed by atoms with Gasteiger partial charge in [-0.05, 0) is 17.7 Å². The topological polar surface area (TPSA) is 83.3 Å². The number of nitrogen functional groups attached to an aromatic ring is 1. The second-order valence-electron chi connectivity index (χ2n) is 4.03. The Morgan fingerprint density at radius 1 is 1.47 bits per heavy atom. The van der Waals surface area contributed by atoms with Gasteiger partial charge >= 0.3 is 4.94 Å². The lowest BCUT2D eigenvalue weighted by Gasteiger charge is -2.05. The first-order valence-electron chi connectivity index (χ1n) is 5.49. The van der Waals surface area contributed by atoms with Crippen molar-refractivity contribution >= 4 is 27.4 Å². The van der Waals surface area contributed by atoms with Crippen molar-refractivity contribution in [1.29, 1.82) is 0 Å². The maximum atomic E-state index is 11.3. The summed E-state index contributed by atoms with van der Waals surface area (Å²) in [6, 6.07) is 3.63. The van der Waals surface area contributed by atoms with Gasteiger partial charge in [-0.15, -0.1) is 0 Å². The van der Waals surface area contributed by atoms with Crippen molar-refractivity contribution in [2.45, 2.75) is 0 Å². The Morgan fingerprint density at radius 3 is 2.89 bits per heavy atom. The number of nitrogens with zero attached hydrogens (tertiary/aromatic N) is 2. The Bertz CT molecular complexity index is 815. The fraction of sp³-hybridized carbons (Fsp3) is 0.167. The van der Waals surface area contributed by atoms with Crippen molar-refractivity contribution in [3.63, 3.8) is 0 Å². The summed E-state index contributed by atoms with van der Waals surface area (Å²) in [6.07, 6.45) is 1.68. The Labute approximate surface area is 112 Å². The van der Waals surface area contributed by atoms with Crippen LogP contribution in [0.2, 0.25) is 0 Å². The summed E-state index contributed by atoms with van der Waals surface area (Å²) in [4.78, 5) is 11.0. The summed E-state index contributed by atoms with van der Waals surface area (Å²) < 4.78 is 12.7. The van der Waals surface area contributed by atoms with Crippen molar-refractivity contribution in [3.8, 4) is 16.9 Å². The zero-order chi connectivity index (χ0) is 13.6. The van der Waals surface area contributed by atoms with Crippen molar-refractivity contribution in [3.05, 3.63) is 28.1 Å². The van der Waals surface area contributed by atoms with Crippen molar-refractivity contribution in [2.75, 3.05) is 12.8 Å². The predicted octanol–water partition coefficient (Wildman–Crippen LogP) is 1.85. The molecule has 0 saturated heterocycles. The highest BCUT2D eigenvalue weighted by atomic mass is 32.1. The molecule has 0 unspecified atom stereocenters. The number of hydrogen-bond donors (Lipinski definition) is 1. The molecule has 2 N–H and O–H groups in total. The zero-order valence-corrected chi connectivity index (χ0v) is 11.2. The molecule has 2 heterocycles. The maximum absolute atomic E-state index is 11.3. The van der Waals surface area contributed by atoms with Crippen LogP contribution < -0.4 is 15.4 Å². The number of methoxy groups -OCH3 is 1. The number of aromatic nitrogens is 2. The van der Waals surface area contributed by atoms with E-state index in [2.05, 4.69) is 5.10 Å². The minimum atomic E-state index is -0.357. The lowest BCUT2D eigenvalue weighted by Crippen LogP contribution is -1.98. The van der Waals surface area contributed by atoms with Crippen LogP contribution in [-0.4, -0.2) is 16.9 Å². The highest BCUT2D eigenvalue weighted by Gasteiger charge is 2.14.